The fourth-order valence-electron chi connectivity index (χ4n) is 4.09. The number of aromatic nitrogens is 1. The maximum atomic E-state index is 10.6. The third-order valence-electron chi connectivity index (χ3n) is 6.01. The van der Waals surface area contributed by atoms with E-state index < -0.39 is 24.3 Å². The van der Waals surface area contributed by atoms with Crippen LogP contribution in [0, 0.1) is 18.8 Å². The zero-order chi connectivity index (χ0) is 27.8. The topological polar surface area (TPSA) is 118 Å². The second-order valence-corrected chi connectivity index (χ2v) is 8.65. The summed E-state index contributed by atoms with van der Waals surface area (Å²) in [6.45, 7) is 7.59. The van der Waals surface area contributed by atoms with Crippen molar-refractivity contribution in [3.63, 3.8) is 0 Å². The van der Waals surface area contributed by atoms with Crippen molar-refractivity contribution < 1.29 is 60.4 Å². The van der Waals surface area contributed by atoms with Crippen molar-refractivity contribution in [3.8, 4) is 5.75 Å². The van der Waals surface area contributed by atoms with E-state index in [2.05, 4.69) is 9.88 Å². The summed E-state index contributed by atoms with van der Waals surface area (Å²) in [4.78, 5) is 24.7. The van der Waals surface area contributed by atoms with Crippen LogP contribution in [0.1, 0.15) is 18.5 Å². The van der Waals surface area contributed by atoms with Crippen LogP contribution in [0.2, 0.25) is 0 Å². The predicted molar refractivity (Wildman–Crippen MR) is 114 cm³/mol. The van der Waals surface area contributed by atoms with Gasteiger partial charge in [0, 0.05) is 49.9 Å². The minimum absolute atomic E-state index is 0.391. The molecule has 0 spiro atoms. The normalized spacial score (nSPS) is 24.2. The number of carboxylic acids is 2. The first-order valence-electron chi connectivity index (χ1n) is 11.3. The van der Waals surface area contributed by atoms with E-state index in [1.54, 1.807) is 0 Å². The fraction of sp³-hybridized carbons (Fsp3) is 0.682. The van der Waals surface area contributed by atoms with Gasteiger partial charge in [-0.05, 0) is 31.9 Å². The van der Waals surface area contributed by atoms with Crippen LogP contribution in [0.3, 0.4) is 0 Å². The summed E-state index contributed by atoms with van der Waals surface area (Å²) in [5.41, 5.74) is 1.02. The van der Waals surface area contributed by atoms with Gasteiger partial charge >= 0.3 is 24.3 Å². The maximum Gasteiger partial charge on any atom is 0.490 e. The zero-order valence-corrected chi connectivity index (χ0v) is 19.8. The van der Waals surface area contributed by atoms with Crippen LogP contribution in [-0.4, -0.2) is 96.1 Å². The Balaban J connectivity index is 0.000000286. The highest BCUT2D eigenvalue weighted by molar-refractivity contribution is 5.73. The van der Waals surface area contributed by atoms with Gasteiger partial charge in [0.15, 0.2) is 0 Å². The van der Waals surface area contributed by atoms with E-state index in [-0.39, 0.29) is 0 Å². The molecule has 0 unspecified atom stereocenters. The van der Waals surface area contributed by atoms with Crippen LogP contribution >= 0.6 is 0 Å². The first kappa shape index (κ1) is 30.6. The van der Waals surface area contributed by atoms with Crippen molar-refractivity contribution in [3.05, 3.63) is 24.0 Å². The van der Waals surface area contributed by atoms with Crippen LogP contribution < -0.4 is 4.74 Å². The summed E-state index contributed by atoms with van der Waals surface area (Å²) in [6, 6.07) is 4.67. The molecule has 0 aliphatic carbocycles. The van der Waals surface area contributed by atoms with Crippen LogP contribution in [0.5, 0.6) is 5.75 Å². The lowest BCUT2D eigenvalue weighted by molar-refractivity contribution is -0.193. The Morgan fingerprint density at radius 2 is 1.62 bits per heavy atom. The summed E-state index contributed by atoms with van der Waals surface area (Å²) >= 11 is 0. The minimum atomic E-state index is -5.08. The van der Waals surface area contributed by atoms with Crippen molar-refractivity contribution in [2.45, 2.75) is 44.3 Å². The molecule has 37 heavy (non-hydrogen) atoms. The van der Waals surface area contributed by atoms with Gasteiger partial charge in [-0.2, -0.15) is 26.3 Å². The highest BCUT2D eigenvalue weighted by Crippen LogP contribution is 2.36. The SMILES string of the molecule is Cc1ccc(OC[C@H]2CO[C@@H]3CN(C4CCOCC4)C[C@H]23)cn1.O=C(O)C(F)(F)F.O=C(O)C(F)(F)F. The number of hydrogen-bond acceptors (Lipinski definition) is 7. The number of nitrogens with zero attached hydrogens (tertiary/aromatic N) is 2. The number of ether oxygens (including phenoxy) is 3. The van der Waals surface area contributed by atoms with Gasteiger partial charge in [-0.3, -0.25) is 9.88 Å². The largest absolute Gasteiger partial charge is 0.492 e. The van der Waals surface area contributed by atoms with Crippen LogP contribution in [0.15, 0.2) is 18.3 Å². The van der Waals surface area contributed by atoms with Crippen LogP contribution in [-0.2, 0) is 19.1 Å². The molecule has 4 rings (SSSR count). The second-order valence-electron chi connectivity index (χ2n) is 8.65. The maximum absolute atomic E-state index is 10.6. The molecule has 3 saturated heterocycles. The molecule has 9 nitrogen and oxygen atoms in total. The molecule has 3 aliphatic heterocycles. The third kappa shape index (κ3) is 9.97. The molecular weight excluding hydrogens is 518 g/mol. The average molecular weight is 546 g/mol. The van der Waals surface area contributed by atoms with E-state index in [0.29, 0.717) is 24.0 Å². The summed E-state index contributed by atoms with van der Waals surface area (Å²) in [6.07, 6.45) is -5.64. The van der Waals surface area contributed by atoms with E-state index in [1.807, 2.05) is 25.3 Å². The van der Waals surface area contributed by atoms with Gasteiger partial charge in [0.1, 0.15) is 5.75 Å². The van der Waals surface area contributed by atoms with Gasteiger partial charge < -0.3 is 24.4 Å². The molecule has 0 aromatic carbocycles. The van der Waals surface area contributed by atoms with Crippen LogP contribution in [0.25, 0.3) is 0 Å². The smallest absolute Gasteiger partial charge is 0.490 e. The lowest BCUT2D eigenvalue weighted by Gasteiger charge is -2.31. The summed E-state index contributed by atoms with van der Waals surface area (Å²) in [7, 11) is 0. The molecule has 4 heterocycles. The summed E-state index contributed by atoms with van der Waals surface area (Å²) < 4.78 is 81.0. The van der Waals surface area contributed by atoms with Crippen molar-refractivity contribution in [2.24, 2.45) is 11.8 Å². The van der Waals surface area contributed by atoms with Crippen molar-refractivity contribution in [2.75, 3.05) is 39.5 Å². The van der Waals surface area contributed by atoms with Gasteiger partial charge in [-0.25, -0.2) is 9.59 Å². The number of fused-ring (bicyclic) bond motifs is 1. The Morgan fingerprint density at radius 3 is 2.11 bits per heavy atom. The van der Waals surface area contributed by atoms with Gasteiger partial charge in [-0.1, -0.05) is 0 Å². The number of rotatable bonds is 4. The zero-order valence-electron chi connectivity index (χ0n) is 19.8. The molecule has 210 valence electrons. The standard InChI is InChI=1S/C18H26N2O3.2C2HF3O2/c1-13-2-3-16(8-19-13)22-11-14-12-23-18-10-20(9-17(14)18)15-4-6-21-7-5-15;2*3-2(4,5)1(6)7/h2-3,8,14-15,17-18H,4-7,9-12H2,1H3;2*(H,6,7)/t14-,17+,18+;;/m0../s1. The molecule has 3 fully saturated rings. The monoisotopic (exact) mass is 546 g/mol. The highest BCUT2D eigenvalue weighted by atomic mass is 19.4. The lowest BCUT2D eigenvalue weighted by Crippen LogP contribution is -2.39. The molecule has 0 saturated carbocycles. The molecule has 2 N–H and O–H groups in total. The molecular formula is C22H28F6N2O7. The molecule has 0 amide bonds. The third-order valence-corrected chi connectivity index (χ3v) is 6.01. The minimum Gasteiger partial charge on any atom is -0.492 e. The Hall–Kier alpha value is -2.65. The van der Waals surface area contributed by atoms with Crippen LogP contribution in [0.4, 0.5) is 26.3 Å². The number of halogens is 6. The number of pyridine rings is 1. The Kier molecular flexibility index (Phi) is 10.9. The molecule has 3 aliphatic rings. The number of hydrogen-bond donors (Lipinski definition) is 2. The van der Waals surface area contributed by atoms with Gasteiger partial charge in [-0.15, -0.1) is 0 Å². The number of likely N-dealkylation sites (tertiary alicyclic amines) is 1. The molecule has 1 aromatic rings. The number of carboxylic acid groups (broad SMARTS) is 2. The Morgan fingerprint density at radius 1 is 1.05 bits per heavy atom. The van der Waals surface area contributed by atoms with E-state index >= 15 is 0 Å². The molecule has 0 radical (unpaired) electrons. The molecule has 1 aromatic heterocycles. The van der Waals surface area contributed by atoms with Gasteiger partial charge in [0.25, 0.3) is 0 Å². The lowest BCUT2D eigenvalue weighted by atomic mass is 9.94. The number of aryl methyl sites for hydroxylation is 1. The van der Waals surface area contributed by atoms with Crippen molar-refractivity contribution >= 4 is 11.9 Å². The Bertz CT molecular complexity index is 852. The van der Waals surface area contributed by atoms with Gasteiger partial charge in [0.05, 0.1) is 25.5 Å². The molecule has 15 heteroatoms. The Labute approximate surface area is 208 Å². The highest BCUT2D eigenvalue weighted by Gasteiger charge is 2.45. The summed E-state index contributed by atoms with van der Waals surface area (Å²) in [5.74, 6) is -3.55. The number of aliphatic carboxylic acids is 2. The first-order chi connectivity index (χ1) is 17.2. The van der Waals surface area contributed by atoms with Crippen molar-refractivity contribution in [1.29, 1.82) is 0 Å². The van der Waals surface area contributed by atoms with E-state index in [1.165, 1.54) is 0 Å². The molecule has 3 atom stereocenters. The van der Waals surface area contributed by atoms with Gasteiger partial charge in [0.2, 0.25) is 0 Å². The van der Waals surface area contributed by atoms with E-state index in [0.717, 1.165) is 63.8 Å². The average Bonchev–Trinajstić information content (AvgIpc) is 3.40. The number of carbonyl (C=O) groups is 2. The quantitative estimate of drug-likeness (QED) is 0.549. The first-order valence-corrected chi connectivity index (χ1v) is 11.3. The predicted octanol–water partition coefficient (Wildman–Crippen LogP) is 3.16. The molecule has 0 bridgehead atoms. The fourth-order valence-corrected chi connectivity index (χ4v) is 4.09. The van der Waals surface area contributed by atoms with Crippen molar-refractivity contribution in [1.82, 2.24) is 9.88 Å². The van der Waals surface area contributed by atoms with E-state index in [4.69, 9.17) is 34.0 Å². The summed E-state index contributed by atoms with van der Waals surface area (Å²) in [5, 5.41) is 14.2. The number of alkyl halides is 6. The van der Waals surface area contributed by atoms with E-state index in [9.17, 15) is 26.3 Å². The second kappa shape index (κ2) is 13.2.